The van der Waals surface area contributed by atoms with Crippen LogP contribution >= 0.6 is 0 Å². The second-order valence-electron chi connectivity index (χ2n) is 5.08. The number of nitrogens with two attached hydrogens (primary N) is 1. The van der Waals surface area contributed by atoms with Gasteiger partial charge in [-0.15, -0.1) is 0 Å². The third-order valence-electron chi connectivity index (χ3n) is 3.47. The summed E-state index contributed by atoms with van der Waals surface area (Å²) in [6.45, 7) is 4.73. The topological polar surface area (TPSA) is 62.4 Å². The van der Waals surface area contributed by atoms with Crippen LogP contribution in [-0.4, -0.2) is 34.7 Å². The Hall–Kier alpha value is -1.65. The summed E-state index contributed by atoms with van der Waals surface area (Å²) in [6, 6.07) is 10.1. The minimum absolute atomic E-state index is 0.171. The zero-order chi connectivity index (χ0) is 14.4. The van der Waals surface area contributed by atoms with Crippen molar-refractivity contribution in [2.75, 3.05) is 25.4 Å². The van der Waals surface area contributed by atoms with Gasteiger partial charge >= 0.3 is 0 Å². The highest BCUT2D eigenvalue weighted by Gasteiger charge is 2.09. The number of benzene rings is 1. The lowest BCUT2D eigenvalue weighted by Gasteiger charge is -2.21. The summed E-state index contributed by atoms with van der Waals surface area (Å²) in [7, 11) is 0. The zero-order valence-electron chi connectivity index (χ0n) is 12.0. The van der Waals surface area contributed by atoms with Crippen molar-refractivity contribution in [3.05, 3.63) is 35.9 Å². The van der Waals surface area contributed by atoms with E-state index in [1.807, 2.05) is 24.3 Å². The average Bonchev–Trinajstić information content (AvgIpc) is 2.45. The molecule has 2 aromatic rings. The van der Waals surface area contributed by atoms with Crippen molar-refractivity contribution >= 4 is 16.7 Å². The number of hydrogen-bond acceptors (Lipinski definition) is 4. The molecule has 0 aliphatic heterocycles. The fourth-order valence-electron chi connectivity index (χ4n) is 2.34. The second kappa shape index (κ2) is 7.22. The number of pyridine rings is 1. The molecule has 0 saturated carbocycles. The fraction of sp³-hybridized carbons (Fsp3) is 0.438. The summed E-state index contributed by atoms with van der Waals surface area (Å²) < 4.78 is 0. The smallest absolute Gasteiger partial charge is 0.128 e. The summed E-state index contributed by atoms with van der Waals surface area (Å²) in [5.74, 6) is 0.586. The Balaban J connectivity index is 2.19. The highest BCUT2D eigenvalue weighted by atomic mass is 16.3. The lowest BCUT2D eigenvalue weighted by atomic mass is 10.1. The van der Waals surface area contributed by atoms with Crippen molar-refractivity contribution in [2.45, 2.75) is 26.3 Å². The summed E-state index contributed by atoms with van der Waals surface area (Å²) in [5.41, 5.74) is 8.02. The normalized spacial score (nSPS) is 11.3. The lowest BCUT2D eigenvalue weighted by molar-refractivity contribution is 0.188. The molecule has 3 N–H and O–H groups in total. The third kappa shape index (κ3) is 3.68. The summed E-state index contributed by atoms with van der Waals surface area (Å²) in [5, 5.41) is 10.3. The number of para-hydroxylation sites is 1. The predicted molar refractivity (Wildman–Crippen MR) is 83.4 cm³/mol. The number of rotatable bonds is 7. The van der Waals surface area contributed by atoms with E-state index in [4.69, 9.17) is 10.8 Å². The van der Waals surface area contributed by atoms with Gasteiger partial charge in [-0.25, -0.2) is 4.98 Å². The van der Waals surface area contributed by atoms with Crippen LogP contribution < -0.4 is 5.73 Å². The van der Waals surface area contributed by atoms with Gasteiger partial charge in [-0.2, -0.15) is 0 Å². The number of aliphatic hydroxyl groups excluding tert-OH is 1. The van der Waals surface area contributed by atoms with E-state index < -0.39 is 0 Å². The Morgan fingerprint density at radius 3 is 2.80 bits per heavy atom. The van der Waals surface area contributed by atoms with Crippen LogP contribution in [0.5, 0.6) is 0 Å². The van der Waals surface area contributed by atoms with Gasteiger partial charge in [0.1, 0.15) is 5.82 Å². The highest BCUT2D eigenvalue weighted by molar-refractivity contribution is 5.81. The Morgan fingerprint density at radius 1 is 1.25 bits per heavy atom. The van der Waals surface area contributed by atoms with Crippen molar-refractivity contribution in [3.8, 4) is 0 Å². The lowest BCUT2D eigenvalue weighted by Crippen LogP contribution is -2.28. The molecule has 0 spiro atoms. The van der Waals surface area contributed by atoms with Crippen molar-refractivity contribution in [1.29, 1.82) is 0 Å². The maximum Gasteiger partial charge on any atom is 0.128 e. The molecule has 0 aliphatic rings. The molecule has 0 bridgehead atoms. The van der Waals surface area contributed by atoms with Gasteiger partial charge in [0.05, 0.1) is 12.1 Å². The molecule has 1 heterocycles. The number of aromatic nitrogens is 1. The van der Waals surface area contributed by atoms with Crippen LogP contribution in [0.15, 0.2) is 30.3 Å². The van der Waals surface area contributed by atoms with E-state index in [1.54, 1.807) is 0 Å². The Kier molecular flexibility index (Phi) is 5.32. The standard InChI is InChI=1S/C16H23N3O/c1-2-3-8-19(9-10-20)12-14-11-13-6-4-5-7-15(13)18-16(14)17/h4-7,11,20H,2-3,8-10,12H2,1H3,(H2,17,18). The molecule has 0 saturated heterocycles. The first-order valence-electron chi connectivity index (χ1n) is 7.22. The molecule has 0 aliphatic carbocycles. The van der Waals surface area contributed by atoms with Gasteiger partial charge in [-0.1, -0.05) is 31.5 Å². The van der Waals surface area contributed by atoms with E-state index in [1.165, 1.54) is 0 Å². The molecule has 0 fully saturated rings. The van der Waals surface area contributed by atoms with E-state index in [9.17, 15) is 0 Å². The van der Waals surface area contributed by atoms with Gasteiger partial charge in [0.15, 0.2) is 0 Å². The van der Waals surface area contributed by atoms with Crippen LogP contribution in [0.2, 0.25) is 0 Å². The first-order chi connectivity index (χ1) is 9.74. The van der Waals surface area contributed by atoms with Crippen LogP contribution in [-0.2, 0) is 6.54 Å². The number of aliphatic hydroxyl groups is 1. The first-order valence-corrected chi connectivity index (χ1v) is 7.22. The molecule has 1 aromatic heterocycles. The SMILES string of the molecule is CCCCN(CCO)Cc1cc2ccccc2nc1N. The van der Waals surface area contributed by atoms with Gasteiger partial charge in [0.2, 0.25) is 0 Å². The molecular formula is C16H23N3O. The fourth-order valence-corrected chi connectivity index (χ4v) is 2.34. The molecule has 0 atom stereocenters. The highest BCUT2D eigenvalue weighted by Crippen LogP contribution is 2.19. The molecule has 4 nitrogen and oxygen atoms in total. The molecule has 0 unspecified atom stereocenters. The van der Waals surface area contributed by atoms with E-state index in [0.717, 1.165) is 42.4 Å². The summed E-state index contributed by atoms with van der Waals surface area (Å²) >= 11 is 0. The van der Waals surface area contributed by atoms with Crippen LogP contribution in [0.1, 0.15) is 25.3 Å². The minimum Gasteiger partial charge on any atom is -0.395 e. The van der Waals surface area contributed by atoms with E-state index in [-0.39, 0.29) is 6.61 Å². The van der Waals surface area contributed by atoms with Gasteiger partial charge in [-0.05, 0) is 25.1 Å². The number of unbranched alkanes of at least 4 members (excludes halogenated alkanes) is 1. The molecule has 20 heavy (non-hydrogen) atoms. The first kappa shape index (κ1) is 14.8. The minimum atomic E-state index is 0.171. The van der Waals surface area contributed by atoms with Crippen molar-refractivity contribution in [1.82, 2.24) is 9.88 Å². The van der Waals surface area contributed by atoms with Gasteiger partial charge in [0.25, 0.3) is 0 Å². The van der Waals surface area contributed by atoms with Gasteiger partial charge < -0.3 is 10.8 Å². The predicted octanol–water partition coefficient (Wildman–Crippen LogP) is 2.41. The number of nitrogens with zero attached hydrogens (tertiary/aromatic N) is 2. The quantitative estimate of drug-likeness (QED) is 0.813. The van der Waals surface area contributed by atoms with Crippen LogP contribution in [0.25, 0.3) is 10.9 Å². The van der Waals surface area contributed by atoms with E-state index >= 15 is 0 Å². The van der Waals surface area contributed by atoms with E-state index in [0.29, 0.717) is 12.4 Å². The third-order valence-corrected chi connectivity index (χ3v) is 3.47. The molecule has 1 aromatic carbocycles. The van der Waals surface area contributed by atoms with Gasteiger partial charge in [-0.3, -0.25) is 4.90 Å². The van der Waals surface area contributed by atoms with Crippen LogP contribution in [0.3, 0.4) is 0 Å². The number of hydrogen-bond donors (Lipinski definition) is 2. The van der Waals surface area contributed by atoms with E-state index in [2.05, 4.69) is 22.9 Å². The maximum atomic E-state index is 9.17. The van der Waals surface area contributed by atoms with Crippen LogP contribution in [0, 0.1) is 0 Å². The largest absolute Gasteiger partial charge is 0.395 e. The molecular weight excluding hydrogens is 250 g/mol. The molecule has 0 amide bonds. The van der Waals surface area contributed by atoms with Gasteiger partial charge in [0, 0.05) is 24.0 Å². The molecule has 2 rings (SSSR count). The average molecular weight is 273 g/mol. The number of nitrogen functional groups attached to an aromatic ring is 1. The van der Waals surface area contributed by atoms with Crippen molar-refractivity contribution in [3.63, 3.8) is 0 Å². The summed E-state index contributed by atoms with van der Waals surface area (Å²) in [6.07, 6.45) is 2.27. The second-order valence-corrected chi connectivity index (χ2v) is 5.08. The van der Waals surface area contributed by atoms with Crippen LogP contribution in [0.4, 0.5) is 5.82 Å². The Morgan fingerprint density at radius 2 is 2.05 bits per heavy atom. The molecule has 0 radical (unpaired) electrons. The molecule has 108 valence electrons. The van der Waals surface area contributed by atoms with Crippen molar-refractivity contribution < 1.29 is 5.11 Å². The zero-order valence-corrected chi connectivity index (χ0v) is 12.0. The number of anilines is 1. The Labute approximate surface area is 120 Å². The number of fused-ring (bicyclic) bond motifs is 1. The molecule has 4 heteroatoms. The monoisotopic (exact) mass is 273 g/mol. The summed E-state index contributed by atoms with van der Waals surface area (Å²) in [4.78, 5) is 6.69. The Bertz CT molecular complexity index is 556. The maximum absolute atomic E-state index is 9.17. The van der Waals surface area contributed by atoms with Crippen molar-refractivity contribution in [2.24, 2.45) is 0 Å².